The number of nitrogens with one attached hydrogen (secondary N) is 1. The lowest BCUT2D eigenvalue weighted by Gasteiger charge is -2.24. The molecule has 0 saturated carbocycles. The molecule has 0 unspecified atom stereocenters. The van der Waals surface area contributed by atoms with Gasteiger partial charge in [0.25, 0.3) is 0 Å². The molecule has 2 heterocycles. The SMILES string of the molecule is NC(=O)n1cc(CC(=O)N2C[C@@H](CO)C[C@H]2C(=O)NCc2cccc(Cl)c2F)c2ccccc21. The number of rotatable bonds is 6. The highest BCUT2D eigenvalue weighted by atomic mass is 35.5. The Balaban J connectivity index is 1.52. The number of fused-ring (bicyclic) bond motifs is 1. The van der Waals surface area contributed by atoms with E-state index >= 15 is 0 Å². The first-order valence-corrected chi connectivity index (χ1v) is 11.2. The average Bonchev–Trinajstić information content (AvgIpc) is 3.42. The number of hydrogen-bond donors (Lipinski definition) is 3. The maximum absolute atomic E-state index is 14.2. The predicted molar refractivity (Wildman–Crippen MR) is 125 cm³/mol. The molecule has 1 aliphatic rings. The Kier molecular flexibility index (Phi) is 6.85. The van der Waals surface area contributed by atoms with Gasteiger partial charge in [0.1, 0.15) is 11.9 Å². The number of aromatic nitrogens is 1. The van der Waals surface area contributed by atoms with Gasteiger partial charge >= 0.3 is 6.03 Å². The minimum atomic E-state index is -0.809. The first-order valence-electron chi connectivity index (χ1n) is 10.8. The second-order valence-electron chi connectivity index (χ2n) is 8.33. The number of para-hydroxylation sites is 1. The highest BCUT2D eigenvalue weighted by molar-refractivity contribution is 6.30. The number of amides is 3. The molecule has 10 heteroatoms. The van der Waals surface area contributed by atoms with Gasteiger partial charge in [0.2, 0.25) is 11.8 Å². The van der Waals surface area contributed by atoms with Gasteiger partial charge in [-0.05, 0) is 24.1 Å². The average molecular weight is 487 g/mol. The van der Waals surface area contributed by atoms with E-state index in [1.54, 1.807) is 30.3 Å². The van der Waals surface area contributed by atoms with Crippen molar-refractivity contribution in [3.63, 3.8) is 0 Å². The number of carbonyl (C=O) groups excluding carboxylic acids is 3. The van der Waals surface area contributed by atoms with Crippen LogP contribution in [0.3, 0.4) is 0 Å². The van der Waals surface area contributed by atoms with Gasteiger partial charge in [0.15, 0.2) is 0 Å². The summed E-state index contributed by atoms with van der Waals surface area (Å²) >= 11 is 5.80. The molecule has 1 saturated heterocycles. The van der Waals surface area contributed by atoms with Crippen LogP contribution in [0.4, 0.5) is 9.18 Å². The summed E-state index contributed by atoms with van der Waals surface area (Å²) < 4.78 is 15.4. The fraction of sp³-hybridized carbons (Fsp3) is 0.292. The van der Waals surface area contributed by atoms with Crippen LogP contribution in [0.1, 0.15) is 17.5 Å². The van der Waals surface area contributed by atoms with Crippen molar-refractivity contribution in [3.05, 3.63) is 70.6 Å². The van der Waals surface area contributed by atoms with Gasteiger partial charge < -0.3 is 21.1 Å². The van der Waals surface area contributed by atoms with E-state index in [1.807, 2.05) is 0 Å². The highest BCUT2D eigenvalue weighted by Crippen LogP contribution is 2.27. The molecule has 0 bridgehead atoms. The minimum Gasteiger partial charge on any atom is -0.396 e. The van der Waals surface area contributed by atoms with Crippen LogP contribution in [0.25, 0.3) is 10.9 Å². The van der Waals surface area contributed by atoms with E-state index in [4.69, 9.17) is 17.3 Å². The van der Waals surface area contributed by atoms with Crippen molar-refractivity contribution in [1.82, 2.24) is 14.8 Å². The standard InChI is InChI=1S/C24H24ClFN4O4/c25-18-6-3-4-15(22(18)26)10-28-23(33)20-8-14(13-31)11-29(20)21(32)9-16-12-30(24(27)34)19-7-2-1-5-17(16)19/h1-7,12,14,20,31H,8-11,13H2,(H2,27,34)(H,28,33)/t14-,20-/m0/s1. The number of nitrogens with two attached hydrogens (primary N) is 1. The molecule has 34 heavy (non-hydrogen) atoms. The van der Waals surface area contributed by atoms with Crippen LogP contribution < -0.4 is 11.1 Å². The summed E-state index contributed by atoms with van der Waals surface area (Å²) in [7, 11) is 0. The lowest BCUT2D eigenvalue weighted by Crippen LogP contribution is -2.46. The van der Waals surface area contributed by atoms with Gasteiger partial charge in [-0.2, -0.15) is 0 Å². The monoisotopic (exact) mass is 486 g/mol. The van der Waals surface area contributed by atoms with E-state index in [-0.39, 0.29) is 54.9 Å². The number of aliphatic hydroxyl groups is 1. The Bertz CT molecular complexity index is 1260. The topological polar surface area (TPSA) is 118 Å². The van der Waals surface area contributed by atoms with Crippen molar-refractivity contribution in [1.29, 1.82) is 0 Å². The maximum Gasteiger partial charge on any atom is 0.323 e. The molecule has 1 aliphatic heterocycles. The van der Waals surface area contributed by atoms with Crippen molar-refractivity contribution < 1.29 is 23.9 Å². The van der Waals surface area contributed by atoms with Crippen molar-refractivity contribution in [2.45, 2.75) is 25.4 Å². The maximum atomic E-state index is 14.2. The largest absolute Gasteiger partial charge is 0.396 e. The van der Waals surface area contributed by atoms with E-state index in [1.165, 1.54) is 27.8 Å². The van der Waals surface area contributed by atoms with E-state index in [0.717, 1.165) is 0 Å². The molecule has 8 nitrogen and oxygen atoms in total. The highest BCUT2D eigenvalue weighted by Gasteiger charge is 2.39. The molecule has 3 amide bonds. The number of aliphatic hydroxyl groups excluding tert-OH is 1. The van der Waals surface area contributed by atoms with E-state index in [0.29, 0.717) is 16.5 Å². The molecule has 3 aromatic rings. The number of carbonyl (C=O) groups is 3. The summed E-state index contributed by atoms with van der Waals surface area (Å²) in [5.41, 5.74) is 6.88. The smallest absolute Gasteiger partial charge is 0.323 e. The minimum absolute atomic E-state index is 0.0418. The molecular weight excluding hydrogens is 463 g/mol. The fourth-order valence-corrected chi connectivity index (χ4v) is 4.60. The fourth-order valence-electron chi connectivity index (χ4n) is 4.40. The molecule has 2 atom stereocenters. The molecule has 1 aromatic heterocycles. The summed E-state index contributed by atoms with van der Waals surface area (Å²) in [5, 5.41) is 13.0. The van der Waals surface area contributed by atoms with Crippen LogP contribution in [0, 0.1) is 11.7 Å². The van der Waals surface area contributed by atoms with E-state index in [2.05, 4.69) is 5.32 Å². The summed E-state index contributed by atoms with van der Waals surface area (Å²) in [4.78, 5) is 39.4. The molecule has 0 aliphatic carbocycles. The Hall–Kier alpha value is -3.43. The van der Waals surface area contributed by atoms with Crippen molar-refractivity contribution in [2.24, 2.45) is 11.7 Å². The molecule has 0 radical (unpaired) electrons. The number of primary amides is 1. The number of hydrogen-bond acceptors (Lipinski definition) is 4. The molecule has 2 aromatic carbocycles. The molecule has 4 rings (SSSR count). The lowest BCUT2D eigenvalue weighted by atomic mass is 10.1. The number of benzene rings is 2. The Morgan fingerprint density at radius 2 is 1.91 bits per heavy atom. The normalized spacial score (nSPS) is 17.8. The number of likely N-dealkylation sites (tertiary alicyclic amines) is 1. The van der Waals surface area contributed by atoms with Gasteiger partial charge in [-0.15, -0.1) is 0 Å². The number of halogens is 2. The summed E-state index contributed by atoms with van der Waals surface area (Å²) in [5.74, 6) is -1.63. The van der Waals surface area contributed by atoms with Gasteiger partial charge in [0.05, 0.1) is 17.0 Å². The van der Waals surface area contributed by atoms with Gasteiger partial charge in [-0.1, -0.05) is 41.9 Å². The Labute approximate surface area is 200 Å². The first kappa shape index (κ1) is 23.7. The summed E-state index contributed by atoms with van der Waals surface area (Å²) in [6.07, 6.45) is 1.77. The summed E-state index contributed by atoms with van der Waals surface area (Å²) in [6.45, 7) is -0.0372. The van der Waals surface area contributed by atoms with Crippen LogP contribution in [0.2, 0.25) is 5.02 Å². The zero-order chi connectivity index (χ0) is 24.4. The van der Waals surface area contributed by atoms with Crippen molar-refractivity contribution in [2.75, 3.05) is 13.2 Å². The van der Waals surface area contributed by atoms with Gasteiger partial charge in [-0.3, -0.25) is 14.2 Å². The third-order valence-corrected chi connectivity index (χ3v) is 6.42. The second kappa shape index (κ2) is 9.82. The number of nitrogens with zero attached hydrogens (tertiary/aromatic N) is 2. The van der Waals surface area contributed by atoms with Crippen LogP contribution in [0.5, 0.6) is 0 Å². The molecular formula is C24H24ClFN4O4. The zero-order valence-electron chi connectivity index (χ0n) is 18.2. The van der Waals surface area contributed by atoms with Crippen LogP contribution in [0.15, 0.2) is 48.7 Å². The van der Waals surface area contributed by atoms with Gasteiger partial charge in [-0.25, -0.2) is 9.18 Å². The molecule has 4 N–H and O–H groups in total. The zero-order valence-corrected chi connectivity index (χ0v) is 19.0. The quantitative estimate of drug-likeness (QED) is 0.496. The molecule has 0 spiro atoms. The van der Waals surface area contributed by atoms with E-state index in [9.17, 15) is 23.9 Å². The first-order chi connectivity index (χ1) is 16.3. The Morgan fingerprint density at radius 1 is 1.15 bits per heavy atom. The van der Waals surface area contributed by atoms with Gasteiger partial charge in [0, 0.05) is 42.8 Å². The van der Waals surface area contributed by atoms with Crippen LogP contribution >= 0.6 is 11.6 Å². The van der Waals surface area contributed by atoms with Crippen molar-refractivity contribution >= 4 is 40.3 Å². The predicted octanol–water partition coefficient (Wildman–Crippen LogP) is 2.43. The van der Waals surface area contributed by atoms with Crippen molar-refractivity contribution in [3.8, 4) is 0 Å². The lowest BCUT2D eigenvalue weighted by molar-refractivity contribution is -0.138. The third kappa shape index (κ3) is 4.62. The van der Waals surface area contributed by atoms with Crippen LogP contribution in [-0.4, -0.2) is 51.6 Å². The summed E-state index contributed by atoms with van der Waals surface area (Å²) in [6, 6.07) is 10.1. The van der Waals surface area contributed by atoms with Crippen LogP contribution in [-0.2, 0) is 22.6 Å². The van der Waals surface area contributed by atoms with E-state index < -0.39 is 23.8 Å². The third-order valence-electron chi connectivity index (χ3n) is 6.13. The molecule has 1 fully saturated rings. The molecule has 178 valence electrons. The Morgan fingerprint density at radius 3 is 2.65 bits per heavy atom. The second-order valence-corrected chi connectivity index (χ2v) is 8.74.